The molecule has 1 aliphatic rings. The molecular weight excluding hydrogens is 300 g/mol. The molecule has 1 aromatic rings. The van der Waals surface area contributed by atoms with E-state index >= 15 is 0 Å². The third-order valence-electron chi connectivity index (χ3n) is 4.24. The lowest BCUT2D eigenvalue weighted by Gasteiger charge is -2.32. The molecule has 0 atom stereocenters. The van der Waals surface area contributed by atoms with Gasteiger partial charge in [-0.05, 0) is 62.6 Å². The third kappa shape index (κ3) is 5.34. The lowest BCUT2D eigenvalue weighted by molar-refractivity contribution is 0.175. The Hall–Kier alpha value is -0.970. The monoisotopic (exact) mass is 328 g/mol. The van der Waals surface area contributed by atoms with Crippen molar-refractivity contribution in [3.8, 4) is 11.5 Å². The van der Waals surface area contributed by atoms with Crippen molar-refractivity contribution in [2.75, 3.05) is 40.4 Å². The van der Waals surface area contributed by atoms with Crippen LogP contribution < -0.4 is 14.8 Å². The highest BCUT2D eigenvalue weighted by Gasteiger charge is 2.19. The van der Waals surface area contributed by atoms with Crippen molar-refractivity contribution in [3.05, 3.63) is 23.8 Å². The van der Waals surface area contributed by atoms with Crippen LogP contribution in [0.4, 0.5) is 0 Å². The van der Waals surface area contributed by atoms with Crippen LogP contribution in [0.5, 0.6) is 11.5 Å². The standard InChI is InChI=1S/C17H28N2O2.ClH/c1-4-18-12-14-7-9-19(10-8-14)13-15-5-6-16(20-2)17(11-15)21-3;/h5-6,11,14,18H,4,7-10,12-13H2,1-3H3;1H. The minimum Gasteiger partial charge on any atom is -0.493 e. The van der Waals surface area contributed by atoms with E-state index in [4.69, 9.17) is 9.47 Å². The molecule has 0 bridgehead atoms. The first-order valence-electron chi connectivity index (χ1n) is 7.90. The zero-order chi connectivity index (χ0) is 15.1. The van der Waals surface area contributed by atoms with Crippen molar-refractivity contribution in [3.63, 3.8) is 0 Å². The second-order valence-corrected chi connectivity index (χ2v) is 5.72. The number of benzene rings is 1. The Morgan fingerprint density at radius 3 is 2.41 bits per heavy atom. The lowest BCUT2D eigenvalue weighted by atomic mass is 9.96. The fourth-order valence-corrected chi connectivity index (χ4v) is 2.93. The van der Waals surface area contributed by atoms with Crippen molar-refractivity contribution >= 4 is 12.4 Å². The average Bonchev–Trinajstić information content (AvgIpc) is 2.54. The number of halogens is 1. The molecule has 1 heterocycles. The molecule has 0 unspecified atom stereocenters. The molecule has 4 nitrogen and oxygen atoms in total. The van der Waals surface area contributed by atoms with E-state index in [1.807, 2.05) is 6.07 Å². The number of ether oxygens (including phenoxy) is 2. The van der Waals surface area contributed by atoms with Gasteiger partial charge in [-0.2, -0.15) is 0 Å². The summed E-state index contributed by atoms with van der Waals surface area (Å²) in [5.41, 5.74) is 1.29. The van der Waals surface area contributed by atoms with E-state index in [1.165, 1.54) is 38.0 Å². The van der Waals surface area contributed by atoms with Crippen LogP contribution in [-0.2, 0) is 6.54 Å². The van der Waals surface area contributed by atoms with Gasteiger partial charge in [0.25, 0.3) is 0 Å². The van der Waals surface area contributed by atoms with Gasteiger partial charge in [-0.3, -0.25) is 4.90 Å². The van der Waals surface area contributed by atoms with Gasteiger partial charge in [-0.1, -0.05) is 13.0 Å². The van der Waals surface area contributed by atoms with Gasteiger partial charge in [0, 0.05) is 6.54 Å². The van der Waals surface area contributed by atoms with Crippen LogP contribution in [0.3, 0.4) is 0 Å². The summed E-state index contributed by atoms with van der Waals surface area (Å²) in [6, 6.07) is 6.21. The van der Waals surface area contributed by atoms with Crippen LogP contribution in [0.15, 0.2) is 18.2 Å². The molecule has 0 aromatic heterocycles. The molecule has 126 valence electrons. The first kappa shape index (κ1) is 19.1. The number of nitrogens with one attached hydrogen (secondary N) is 1. The number of nitrogens with zero attached hydrogens (tertiary/aromatic N) is 1. The number of likely N-dealkylation sites (tertiary alicyclic amines) is 1. The Balaban J connectivity index is 0.00000242. The number of methoxy groups -OCH3 is 2. The zero-order valence-electron chi connectivity index (χ0n) is 13.9. The highest BCUT2D eigenvalue weighted by Crippen LogP contribution is 2.28. The lowest BCUT2D eigenvalue weighted by Crippen LogP contribution is -2.36. The Morgan fingerprint density at radius 1 is 1.14 bits per heavy atom. The maximum atomic E-state index is 5.38. The van der Waals surface area contributed by atoms with Crippen LogP contribution in [-0.4, -0.2) is 45.3 Å². The largest absolute Gasteiger partial charge is 0.493 e. The third-order valence-corrected chi connectivity index (χ3v) is 4.24. The van der Waals surface area contributed by atoms with Gasteiger partial charge in [-0.15, -0.1) is 12.4 Å². The van der Waals surface area contributed by atoms with Crippen molar-refractivity contribution in [1.29, 1.82) is 0 Å². The molecule has 1 aromatic carbocycles. The number of piperidine rings is 1. The van der Waals surface area contributed by atoms with E-state index in [0.717, 1.165) is 30.5 Å². The fourth-order valence-electron chi connectivity index (χ4n) is 2.93. The summed E-state index contributed by atoms with van der Waals surface area (Å²) in [6.45, 7) is 7.78. The Morgan fingerprint density at radius 2 is 1.82 bits per heavy atom. The minimum atomic E-state index is 0. The normalized spacial score (nSPS) is 16.1. The predicted molar refractivity (Wildman–Crippen MR) is 93.3 cm³/mol. The second kappa shape index (κ2) is 9.93. The van der Waals surface area contributed by atoms with Gasteiger partial charge in [0.05, 0.1) is 14.2 Å². The summed E-state index contributed by atoms with van der Waals surface area (Å²) < 4.78 is 10.7. The minimum absolute atomic E-state index is 0. The maximum absolute atomic E-state index is 5.38. The summed E-state index contributed by atoms with van der Waals surface area (Å²) in [5.74, 6) is 2.45. The topological polar surface area (TPSA) is 33.7 Å². The molecule has 1 N–H and O–H groups in total. The summed E-state index contributed by atoms with van der Waals surface area (Å²) in [5, 5.41) is 3.46. The molecule has 22 heavy (non-hydrogen) atoms. The van der Waals surface area contributed by atoms with E-state index in [1.54, 1.807) is 14.2 Å². The molecule has 0 radical (unpaired) electrons. The molecule has 0 spiro atoms. The highest BCUT2D eigenvalue weighted by molar-refractivity contribution is 5.85. The molecule has 0 amide bonds. The van der Waals surface area contributed by atoms with Crippen LogP contribution in [0.1, 0.15) is 25.3 Å². The number of hydrogen-bond donors (Lipinski definition) is 1. The molecule has 0 aliphatic carbocycles. The van der Waals surface area contributed by atoms with Crippen LogP contribution in [0, 0.1) is 5.92 Å². The summed E-state index contributed by atoms with van der Waals surface area (Å²) in [4.78, 5) is 2.53. The van der Waals surface area contributed by atoms with Crippen LogP contribution in [0.25, 0.3) is 0 Å². The molecule has 1 saturated heterocycles. The van der Waals surface area contributed by atoms with E-state index in [-0.39, 0.29) is 12.4 Å². The molecule has 2 rings (SSSR count). The Labute approximate surface area is 140 Å². The van der Waals surface area contributed by atoms with Crippen molar-refractivity contribution in [1.82, 2.24) is 10.2 Å². The number of rotatable bonds is 7. The smallest absolute Gasteiger partial charge is 0.161 e. The fraction of sp³-hybridized carbons (Fsp3) is 0.647. The van der Waals surface area contributed by atoms with Crippen LogP contribution >= 0.6 is 12.4 Å². The van der Waals surface area contributed by atoms with Gasteiger partial charge < -0.3 is 14.8 Å². The number of hydrogen-bond acceptors (Lipinski definition) is 4. The van der Waals surface area contributed by atoms with E-state index in [0.29, 0.717) is 0 Å². The van der Waals surface area contributed by atoms with E-state index in [2.05, 4.69) is 29.3 Å². The predicted octanol–water partition coefficient (Wildman–Crippen LogP) is 2.95. The average molecular weight is 329 g/mol. The Bertz CT molecular complexity index is 435. The first-order chi connectivity index (χ1) is 10.3. The molecule has 0 saturated carbocycles. The summed E-state index contributed by atoms with van der Waals surface area (Å²) in [6.07, 6.45) is 2.58. The van der Waals surface area contributed by atoms with Crippen LogP contribution in [0.2, 0.25) is 0 Å². The maximum Gasteiger partial charge on any atom is 0.161 e. The van der Waals surface area contributed by atoms with Gasteiger partial charge in [0.1, 0.15) is 0 Å². The first-order valence-corrected chi connectivity index (χ1v) is 7.90. The summed E-state index contributed by atoms with van der Waals surface area (Å²) in [7, 11) is 3.36. The SMILES string of the molecule is CCNCC1CCN(Cc2ccc(OC)c(OC)c2)CC1.Cl. The quantitative estimate of drug-likeness (QED) is 0.834. The Kier molecular flexibility index (Phi) is 8.61. The zero-order valence-corrected chi connectivity index (χ0v) is 14.7. The van der Waals surface area contributed by atoms with E-state index in [9.17, 15) is 0 Å². The molecule has 1 aliphatic heterocycles. The van der Waals surface area contributed by atoms with Crippen molar-refractivity contribution < 1.29 is 9.47 Å². The van der Waals surface area contributed by atoms with E-state index < -0.39 is 0 Å². The second-order valence-electron chi connectivity index (χ2n) is 5.72. The summed E-state index contributed by atoms with van der Waals surface area (Å²) >= 11 is 0. The van der Waals surface area contributed by atoms with Gasteiger partial charge in [0.15, 0.2) is 11.5 Å². The van der Waals surface area contributed by atoms with Crippen molar-refractivity contribution in [2.24, 2.45) is 5.92 Å². The highest BCUT2D eigenvalue weighted by atomic mass is 35.5. The van der Waals surface area contributed by atoms with Gasteiger partial charge in [-0.25, -0.2) is 0 Å². The molecular formula is C17H29ClN2O2. The molecule has 5 heteroatoms. The van der Waals surface area contributed by atoms with Crippen molar-refractivity contribution in [2.45, 2.75) is 26.3 Å². The van der Waals surface area contributed by atoms with Gasteiger partial charge in [0.2, 0.25) is 0 Å². The molecule has 1 fully saturated rings. The van der Waals surface area contributed by atoms with Gasteiger partial charge >= 0.3 is 0 Å².